The van der Waals surface area contributed by atoms with Gasteiger partial charge < -0.3 is 4.74 Å². The highest BCUT2D eigenvalue weighted by Crippen LogP contribution is 2.22. The molecule has 0 spiro atoms. The standard InChI is InChI=1S/C14H16O/c1-2-12-6-5-7-13(10-12)11-15-14-8-3-4-9-14/h1,5-7,10,14H,3-4,8-9,11H2. The largest absolute Gasteiger partial charge is 0.374 e. The Kier molecular flexibility index (Phi) is 3.42. The van der Waals surface area contributed by atoms with Crippen LogP contribution < -0.4 is 0 Å². The summed E-state index contributed by atoms with van der Waals surface area (Å²) in [5.74, 6) is 2.64. The molecule has 1 aliphatic rings. The Morgan fingerprint density at radius 3 is 2.87 bits per heavy atom. The summed E-state index contributed by atoms with van der Waals surface area (Å²) < 4.78 is 5.82. The first-order valence-electron chi connectivity index (χ1n) is 5.55. The Balaban J connectivity index is 1.90. The molecule has 0 aliphatic heterocycles. The lowest BCUT2D eigenvalue weighted by Gasteiger charge is -2.10. The van der Waals surface area contributed by atoms with Crippen LogP contribution in [-0.2, 0) is 11.3 Å². The quantitative estimate of drug-likeness (QED) is 0.681. The van der Waals surface area contributed by atoms with Gasteiger partial charge in [-0.25, -0.2) is 0 Å². The van der Waals surface area contributed by atoms with Crippen LogP contribution in [0.2, 0.25) is 0 Å². The molecule has 1 heteroatoms. The smallest absolute Gasteiger partial charge is 0.0721 e. The third-order valence-corrected chi connectivity index (χ3v) is 2.88. The van der Waals surface area contributed by atoms with Gasteiger partial charge in [0, 0.05) is 5.56 Å². The predicted molar refractivity (Wildman–Crippen MR) is 61.4 cm³/mol. The van der Waals surface area contributed by atoms with Gasteiger partial charge in [0.05, 0.1) is 12.7 Å². The van der Waals surface area contributed by atoms with Gasteiger partial charge in [0.25, 0.3) is 0 Å². The molecule has 1 aromatic rings. The van der Waals surface area contributed by atoms with Gasteiger partial charge in [-0.05, 0) is 30.5 Å². The van der Waals surface area contributed by atoms with E-state index in [1.807, 2.05) is 18.2 Å². The van der Waals surface area contributed by atoms with Crippen LogP contribution in [-0.4, -0.2) is 6.10 Å². The Hall–Kier alpha value is -1.26. The molecule has 0 bridgehead atoms. The van der Waals surface area contributed by atoms with E-state index in [0.717, 1.165) is 5.56 Å². The van der Waals surface area contributed by atoms with E-state index in [9.17, 15) is 0 Å². The minimum atomic E-state index is 0.472. The predicted octanol–water partition coefficient (Wildman–Crippen LogP) is 3.13. The molecule has 1 fully saturated rings. The third kappa shape index (κ3) is 2.84. The molecule has 1 nitrogen and oxygen atoms in total. The number of terminal acetylenes is 1. The van der Waals surface area contributed by atoms with Crippen molar-refractivity contribution >= 4 is 0 Å². The number of rotatable bonds is 3. The molecule has 0 atom stereocenters. The first-order chi connectivity index (χ1) is 7.38. The lowest BCUT2D eigenvalue weighted by Crippen LogP contribution is -2.07. The summed E-state index contributed by atoms with van der Waals surface area (Å²) in [6.45, 7) is 0.695. The summed E-state index contributed by atoms with van der Waals surface area (Å²) in [4.78, 5) is 0. The van der Waals surface area contributed by atoms with Crippen molar-refractivity contribution in [3.63, 3.8) is 0 Å². The van der Waals surface area contributed by atoms with Gasteiger partial charge in [0.15, 0.2) is 0 Å². The van der Waals surface area contributed by atoms with Gasteiger partial charge in [-0.15, -0.1) is 6.42 Å². The first kappa shape index (κ1) is 10.3. The summed E-state index contributed by atoms with van der Waals surface area (Å²) in [5.41, 5.74) is 2.11. The SMILES string of the molecule is C#Cc1cccc(COC2CCCC2)c1. The maximum absolute atomic E-state index is 5.82. The third-order valence-electron chi connectivity index (χ3n) is 2.88. The Morgan fingerprint density at radius 1 is 1.33 bits per heavy atom. The van der Waals surface area contributed by atoms with Gasteiger partial charge in [-0.2, -0.15) is 0 Å². The maximum atomic E-state index is 5.82. The van der Waals surface area contributed by atoms with Gasteiger partial charge in [-0.3, -0.25) is 0 Å². The highest BCUT2D eigenvalue weighted by atomic mass is 16.5. The van der Waals surface area contributed by atoms with Crippen molar-refractivity contribution < 1.29 is 4.74 Å². The lowest BCUT2D eigenvalue weighted by molar-refractivity contribution is 0.0457. The van der Waals surface area contributed by atoms with Crippen LogP contribution in [0.4, 0.5) is 0 Å². The molecule has 0 radical (unpaired) electrons. The van der Waals surface area contributed by atoms with Gasteiger partial charge in [0.2, 0.25) is 0 Å². The Bertz CT molecular complexity index is 356. The minimum Gasteiger partial charge on any atom is -0.374 e. The summed E-state index contributed by atoms with van der Waals surface area (Å²) in [5, 5.41) is 0. The number of benzene rings is 1. The summed E-state index contributed by atoms with van der Waals surface area (Å²) in [7, 11) is 0. The van der Waals surface area contributed by atoms with Crippen molar-refractivity contribution in [2.24, 2.45) is 0 Å². The average molecular weight is 200 g/mol. The fourth-order valence-corrected chi connectivity index (χ4v) is 2.02. The molecule has 2 rings (SSSR count). The molecule has 0 heterocycles. The second kappa shape index (κ2) is 5.00. The molecule has 1 saturated carbocycles. The summed E-state index contributed by atoms with van der Waals surface area (Å²) in [6.07, 6.45) is 10.9. The van der Waals surface area contributed by atoms with Crippen molar-refractivity contribution in [2.75, 3.05) is 0 Å². The van der Waals surface area contributed by atoms with E-state index in [4.69, 9.17) is 11.2 Å². The second-order valence-electron chi connectivity index (χ2n) is 4.06. The van der Waals surface area contributed by atoms with Gasteiger partial charge in [0.1, 0.15) is 0 Å². The van der Waals surface area contributed by atoms with E-state index in [2.05, 4.69) is 12.0 Å². The molecule has 1 aliphatic carbocycles. The van der Waals surface area contributed by atoms with Crippen LogP contribution in [0.1, 0.15) is 36.8 Å². The van der Waals surface area contributed by atoms with Crippen molar-refractivity contribution in [3.8, 4) is 12.3 Å². The molecule has 1 aromatic carbocycles. The zero-order chi connectivity index (χ0) is 10.5. The number of ether oxygens (including phenoxy) is 1. The average Bonchev–Trinajstić information content (AvgIpc) is 2.79. The maximum Gasteiger partial charge on any atom is 0.0721 e. The van der Waals surface area contributed by atoms with Gasteiger partial charge >= 0.3 is 0 Å². The Morgan fingerprint density at radius 2 is 2.13 bits per heavy atom. The van der Waals surface area contributed by atoms with Crippen LogP contribution in [0.15, 0.2) is 24.3 Å². The molecular weight excluding hydrogens is 184 g/mol. The Labute approximate surface area is 91.5 Å². The van der Waals surface area contributed by atoms with Crippen LogP contribution in [0, 0.1) is 12.3 Å². The summed E-state index contributed by atoms with van der Waals surface area (Å²) in [6, 6.07) is 8.02. The normalized spacial score (nSPS) is 16.5. The minimum absolute atomic E-state index is 0.472. The van der Waals surface area contributed by atoms with Crippen molar-refractivity contribution in [1.29, 1.82) is 0 Å². The number of hydrogen-bond donors (Lipinski definition) is 0. The van der Waals surface area contributed by atoms with E-state index in [1.165, 1.54) is 31.2 Å². The molecule has 0 unspecified atom stereocenters. The van der Waals surface area contributed by atoms with Crippen LogP contribution in [0.3, 0.4) is 0 Å². The zero-order valence-corrected chi connectivity index (χ0v) is 8.91. The van der Waals surface area contributed by atoms with E-state index >= 15 is 0 Å². The first-order valence-corrected chi connectivity index (χ1v) is 5.55. The monoisotopic (exact) mass is 200 g/mol. The fraction of sp³-hybridized carbons (Fsp3) is 0.429. The lowest BCUT2D eigenvalue weighted by atomic mass is 10.1. The zero-order valence-electron chi connectivity index (χ0n) is 8.91. The molecule has 0 amide bonds. The molecule has 0 N–H and O–H groups in total. The molecule has 0 saturated heterocycles. The fourth-order valence-electron chi connectivity index (χ4n) is 2.02. The summed E-state index contributed by atoms with van der Waals surface area (Å²) >= 11 is 0. The van der Waals surface area contributed by atoms with Crippen molar-refractivity contribution in [1.82, 2.24) is 0 Å². The van der Waals surface area contributed by atoms with E-state index in [-0.39, 0.29) is 0 Å². The van der Waals surface area contributed by atoms with Crippen molar-refractivity contribution in [2.45, 2.75) is 38.4 Å². The number of hydrogen-bond acceptors (Lipinski definition) is 1. The highest BCUT2D eigenvalue weighted by Gasteiger charge is 2.14. The molecule has 0 aromatic heterocycles. The van der Waals surface area contributed by atoms with E-state index in [0.29, 0.717) is 12.7 Å². The van der Waals surface area contributed by atoms with E-state index in [1.54, 1.807) is 0 Å². The van der Waals surface area contributed by atoms with Gasteiger partial charge in [-0.1, -0.05) is 30.9 Å². The van der Waals surface area contributed by atoms with Crippen molar-refractivity contribution in [3.05, 3.63) is 35.4 Å². The van der Waals surface area contributed by atoms with Crippen LogP contribution >= 0.6 is 0 Å². The topological polar surface area (TPSA) is 9.23 Å². The molecule has 15 heavy (non-hydrogen) atoms. The molecule has 78 valence electrons. The second-order valence-corrected chi connectivity index (χ2v) is 4.06. The van der Waals surface area contributed by atoms with Crippen LogP contribution in [0.25, 0.3) is 0 Å². The van der Waals surface area contributed by atoms with E-state index < -0.39 is 0 Å². The highest BCUT2D eigenvalue weighted by molar-refractivity contribution is 5.34. The molecular formula is C14H16O. The van der Waals surface area contributed by atoms with Crippen LogP contribution in [0.5, 0.6) is 0 Å².